The number of fused-ring (bicyclic) bond motifs is 4. The average molecular weight is 613 g/mol. The van der Waals surface area contributed by atoms with E-state index < -0.39 is 0 Å². The van der Waals surface area contributed by atoms with Gasteiger partial charge in [0.05, 0.1) is 0 Å². The molecule has 1 aromatic heterocycles. The minimum Gasteiger partial charge on any atom is -0.461 e. The molecule has 226 valence electrons. The van der Waals surface area contributed by atoms with Crippen molar-refractivity contribution in [3.8, 4) is 44.5 Å². The minimum atomic E-state index is 0.889. The fourth-order valence-corrected chi connectivity index (χ4v) is 7.59. The van der Waals surface area contributed by atoms with E-state index in [0.717, 1.165) is 44.5 Å². The fraction of sp³-hybridized carbons (Fsp3) is 0.0213. The van der Waals surface area contributed by atoms with Crippen molar-refractivity contribution < 1.29 is 4.42 Å². The highest BCUT2D eigenvalue weighted by molar-refractivity contribution is 6.21. The van der Waals surface area contributed by atoms with Crippen LogP contribution in [0.15, 0.2) is 169 Å². The second kappa shape index (κ2) is 11.3. The second-order valence-electron chi connectivity index (χ2n) is 12.5. The first-order chi connectivity index (χ1) is 23.7. The highest BCUT2D eigenvalue weighted by Gasteiger charge is 2.19. The van der Waals surface area contributed by atoms with Crippen LogP contribution >= 0.6 is 0 Å². The van der Waals surface area contributed by atoms with Gasteiger partial charge in [-0.1, -0.05) is 146 Å². The Morgan fingerprint density at radius 3 is 1.71 bits per heavy atom. The van der Waals surface area contributed by atoms with Gasteiger partial charge in [-0.2, -0.15) is 0 Å². The van der Waals surface area contributed by atoms with Crippen molar-refractivity contribution in [1.82, 2.24) is 0 Å². The van der Waals surface area contributed by atoms with Crippen molar-refractivity contribution >= 4 is 49.4 Å². The van der Waals surface area contributed by atoms with Crippen LogP contribution in [0.25, 0.3) is 93.9 Å². The van der Waals surface area contributed by atoms with Crippen LogP contribution in [0.4, 0.5) is 0 Å². The number of hydrogen-bond acceptors (Lipinski definition) is 1. The summed E-state index contributed by atoms with van der Waals surface area (Å²) >= 11 is 0. The van der Waals surface area contributed by atoms with Gasteiger partial charge in [0.25, 0.3) is 0 Å². The van der Waals surface area contributed by atoms with Crippen LogP contribution in [-0.2, 0) is 0 Å². The molecular weight excluding hydrogens is 581 g/mol. The van der Waals surface area contributed by atoms with Gasteiger partial charge in [0.1, 0.15) is 11.3 Å². The number of aryl methyl sites for hydroxylation is 1. The molecule has 0 N–H and O–H groups in total. The maximum absolute atomic E-state index is 6.39. The SMILES string of the molecule is C=Cc1ccccc1-c1c(C)oc2cc(-c3cccc(-c4c5ccccc5c(-c5ccc6ccccc6c5)c5ccccc45)c3)ccc12. The third kappa shape index (κ3) is 4.47. The summed E-state index contributed by atoms with van der Waals surface area (Å²) in [5.74, 6) is 0.912. The van der Waals surface area contributed by atoms with Crippen molar-refractivity contribution in [1.29, 1.82) is 0 Å². The van der Waals surface area contributed by atoms with Gasteiger partial charge in [-0.05, 0) is 108 Å². The average Bonchev–Trinajstić information content (AvgIpc) is 3.48. The molecule has 1 heteroatoms. The molecule has 0 saturated carbocycles. The lowest BCUT2D eigenvalue weighted by atomic mass is 9.85. The van der Waals surface area contributed by atoms with Gasteiger partial charge < -0.3 is 4.42 Å². The number of furan rings is 1. The molecule has 0 bridgehead atoms. The first-order valence-corrected chi connectivity index (χ1v) is 16.5. The molecule has 48 heavy (non-hydrogen) atoms. The molecule has 1 nitrogen and oxygen atoms in total. The van der Waals surface area contributed by atoms with E-state index in [0.29, 0.717) is 0 Å². The summed E-state index contributed by atoms with van der Waals surface area (Å²) in [6.07, 6.45) is 1.91. The van der Waals surface area contributed by atoms with E-state index in [1.807, 2.05) is 19.1 Å². The largest absolute Gasteiger partial charge is 0.461 e. The molecule has 0 aliphatic carbocycles. The van der Waals surface area contributed by atoms with Crippen LogP contribution in [-0.4, -0.2) is 0 Å². The Balaban J connectivity index is 1.22. The van der Waals surface area contributed by atoms with E-state index >= 15 is 0 Å². The van der Waals surface area contributed by atoms with E-state index in [1.54, 1.807) is 0 Å². The zero-order chi connectivity index (χ0) is 32.2. The van der Waals surface area contributed by atoms with E-state index in [1.165, 1.54) is 54.6 Å². The Morgan fingerprint density at radius 1 is 0.438 bits per heavy atom. The Hall–Kier alpha value is -6.18. The maximum Gasteiger partial charge on any atom is 0.135 e. The Labute approximate surface area is 280 Å². The molecule has 0 fully saturated rings. The van der Waals surface area contributed by atoms with Gasteiger partial charge in [-0.25, -0.2) is 0 Å². The molecule has 1 heterocycles. The topological polar surface area (TPSA) is 13.1 Å². The molecule has 0 atom stereocenters. The first-order valence-electron chi connectivity index (χ1n) is 16.5. The Bertz CT molecular complexity index is 2650. The second-order valence-corrected chi connectivity index (χ2v) is 12.5. The molecule has 9 rings (SSSR count). The van der Waals surface area contributed by atoms with Gasteiger partial charge in [-0.15, -0.1) is 0 Å². The standard InChI is InChI=1S/C47H32O/c1-3-31-13-6-7-18-38(31)45-30(2)48-44-29-35(25-26-43(44)45)34-16-12-17-36(28-34)46-39-19-8-10-21-41(39)47(42-22-11-9-20-40(42)46)37-24-23-32-14-4-5-15-33(32)27-37/h3-29H,1H2,2H3. The van der Waals surface area contributed by atoms with Crippen molar-refractivity contribution in [2.24, 2.45) is 0 Å². The van der Waals surface area contributed by atoms with Gasteiger partial charge in [0, 0.05) is 10.9 Å². The Morgan fingerprint density at radius 2 is 1.00 bits per heavy atom. The van der Waals surface area contributed by atoms with Gasteiger partial charge in [0.15, 0.2) is 0 Å². The van der Waals surface area contributed by atoms with E-state index in [2.05, 4.69) is 158 Å². The summed E-state index contributed by atoms with van der Waals surface area (Å²) in [6, 6.07) is 57.1. The first kappa shape index (κ1) is 28.1. The van der Waals surface area contributed by atoms with Crippen LogP contribution in [0.3, 0.4) is 0 Å². The van der Waals surface area contributed by atoms with Crippen molar-refractivity contribution in [2.75, 3.05) is 0 Å². The highest BCUT2D eigenvalue weighted by Crippen LogP contribution is 2.45. The lowest BCUT2D eigenvalue weighted by molar-refractivity contribution is 0.580. The molecule has 0 aliphatic heterocycles. The van der Waals surface area contributed by atoms with Crippen LogP contribution in [0.1, 0.15) is 11.3 Å². The molecule has 0 amide bonds. The van der Waals surface area contributed by atoms with E-state index in [4.69, 9.17) is 4.42 Å². The molecule has 0 radical (unpaired) electrons. The summed E-state index contributed by atoms with van der Waals surface area (Å²) in [6.45, 7) is 6.09. The smallest absolute Gasteiger partial charge is 0.135 e. The third-order valence-electron chi connectivity index (χ3n) is 9.77. The quantitative estimate of drug-likeness (QED) is 0.176. The zero-order valence-corrected chi connectivity index (χ0v) is 26.7. The van der Waals surface area contributed by atoms with Crippen LogP contribution in [0.2, 0.25) is 0 Å². The van der Waals surface area contributed by atoms with Gasteiger partial charge >= 0.3 is 0 Å². The number of hydrogen-bond donors (Lipinski definition) is 0. The zero-order valence-electron chi connectivity index (χ0n) is 26.7. The summed E-state index contributed by atoms with van der Waals surface area (Å²) < 4.78 is 6.39. The lowest BCUT2D eigenvalue weighted by Gasteiger charge is -2.18. The monoisotopic (exact) mass is 612 g/mol. The summed E-state index contributed by atoms with van der Waals surface area (Å²) in [7, 11) is 0. The summed E-state index contributed by atoms with van der Waals surface area (Å²) in [5, 5.41) is 8.63. The van der Waals surface area contributed by atoms with Crippen LogP contribution in [0, 0.1) is 6.92 Å². The highest BCUT2D eigenvalue weighted by atomic mass is 16.3. The van der Waals surface area contributed by atoms with Crippen molar-refractivity contribution in [3.05, 3.63) is 176 Å². The normalized spacial score (nSPS) is 11.5. The van der Waals surface area contributed by atoms with Crippen molar-refractivity contribution in [3.63, 3.8) is 0 Å². The Kier molecular flexibility index (Phi) is 6.59. The van der Waals surface area contributed by atoms with Crippen molar-refractivity contribution in [2.45, 2.75) is 6.92 Å². The molecule has 0 unspecified atom stereocenters. The minimum absolute atomic E-state index is 0.889. The summed E-state index contributed by atoms with van der Waals surface area (Å²) in [4.78, 5) is 0. The predicted octanol–water partition coefficient (Wildman–Crippen LogP) is 13.5. The molecule has 0 saturated heterocycles. The molecular formula is C47H32O. The maximum atomic E-state index is 6.39. The van der Waals surface area contributed by atoms with Crippen LogP contribution in [0.5, 0.6) is 0 Å². The summed E-state index contributed by atoms with van der Waals surface area (Å²) in [5.41, 5.74) is 11.5. The molecule has 8 aromatic carbocycles. The predicted molar refractivity (Wildman–Crippen MR) is 205 cm³/mol. The third-order valence-corrected chi connectivity index (χ3v) is 9.77. The van der Waals surface area contributed by atoms with E-state index in [-0.39, 0.29) is 0 Å². The number of rotatable bonds is 5. The molecule has 0 aliphatic rings. The van der Waals surface area contributed by atoms with Crippen LogP contribution < -0.4 is 0 Å². The molecule has 0 spiro atoms. The van der Waals surface area contributed by atoms with E-state index in [9.17, 15) is 0 Å². The lowest BCUT2D eigenvalue weighted by Crippen LogP contribution is -1.91. The fourth-order valence-electron chi connectivity index (χ4n) is 7.59. The van der Waals surface area contributed by atoms with Gasteiger partial charge in [-0.3, -0.25) is 0 Å². The van der Waals surface area contributed by atoms with Gasteiger partial charge in [0.2, 0.25) is 0 Å². The number of benzene rings is 8. The molecule has 9 aromatic rings.